The molecular formula is C18H21FN4O3S. The average Bonchev–Trinajstić information content (AvgIpc) is 3.02. The van der Waals surface area contributed by atoms with Gasteiger partial charge in [-0.2, -0.15) is 0 Å². The van der Waals surface area contributed by atoms with E-state index in [1.807, 2.05) is 6.92 Å². The van der Waals surface area contributed by atoms with E-state index in [1.165, 1.54) is 12.1 Å². The van der Waals surface area contributed by atoms with E-state index in [0.29, 0.717) is 25.3 Å². The van der Waals surface area contributed by atoms with E-state index < -0.39 is 9.84 Å². The number of nitrogens with zero attached hydrogens (tertiary/aromatic N) is 3. The maximum atomic E-state index is 12.9. The van der Waals surface area contributed by atoms with Crippen molar-refractivity contribution in [3.05, 3.63) is 53.5 Å². The van der Waals surface area contributed by atoms with E-state index in [4.69, 9.17) is 0 Å². The molecule has 144 valence electrons. The van der Waals surface area contributed by atoms with Crippen molar-refractivity contribution in [2.45, 2.75) is 25.9 Å². The Balaban J connectivity index is 1.63. The van der Waals surface area contributed by atoms with Crippen LogP contribution in [0.5, 0.6) is 0 Å². The van der Waals surface area contributed by atoms with Crippen LogP contribution in [0.15, 0.2) is 36.4 Å². The van der Waals surface area contributed by atoms with E-state index in [2.05, 4.69) is 15.5 Å². The standard InChI is InChI=1S/C18H21FN4O3S/c1-2-23(15-9-10-27(25,26)12-15)18(24)16-7-8-17(22-21-16)20-11-13-3-5-14(19)6-4-13/h3-8,15H,2,9-12H2,1H3,(H,20,22). The largest absolute Gasteiger partial charge is 0.365 e. The summed E-state index contributed by atoms with van der Waals surface area (Å²) in [6.45, 7) is 2.67. The molecule has 1 fully saturated rings. The third-order valence-corrected chi connectivity index (χ3v) is 6.27. The molecule has 7 nitrogen and oxygen atoms in total. The third kappa shape index (κ3) is 4.79. The minimum absolute atomic E-state index is 0.00266. The second kappa shape index (κ2) is 7.99. The number of rotatable bonds is 6. The number of benzene rings is 1. The molecule has 27 heavy (non-hydrogen) atoms. The number of anilines is 1. The fourth-order valence-corrected chi connectivity index (χ4v) is 4.80. The van der Waals surface area contributed by atoms with E-state index in [1.54, 1.807) is 29.2 Å². The van der Waals surface area contributed by atoms with Crippen molar-refractivity contribution in [2.24, 2.45) is 0 Å². The van der Waals surface area contributed by atoms with Gasteiger partial charge in [0.25, 0.3) is 5.91 Å². The lowest BCUT2D eigenvalue weighted by atomic mass is 10.2. The van der Waals surface area contributed by atoms with Crippen LogP contribution in [0.25, 0.3) is 0 Å². The first-order chi connectivity index (χ1) is 12.9. The Hall–Kier alpha value is -2.55. The molecule has 0 spiro atoms. The highest BCUT2D eigenvalue weighted by atomic mass is 32.2. The molecule has 0 aliphatic carbocycles. The normalized spacial score (nSPS) is 18.2. The average molecular weight is 392 g/mol. The second-order valence-electron chi connectivity index (χ2n) is 6.43. The molecule has 1 atom stereocenters. The minimum Gasteiger partial charge on any atom is -0.365 e. The molecule has 0 saturated carbocycles. The number of halogens is 1. The summed E-state index contributed by atoms with van der Waals surface area (Å²) < 4.78 is 36.3. The Morgan fingerprint density at radius 1 is 1.22 bits per heavy atom. The van der Waals surface area contributed by atoms with Crippen LogP contribution in [0.1, 0.15) is 29.4 Å². The first kappa shape index (κ1) is 19.2. The van der Waals surface area contributed by atoms with Gasteiger partial charge >= 0.3 is 0 Å². The van der Waals surface area contributed by atoms with Gasteiger partial charge in [0.2, 0.25) is 0 Å². The van der Waals surface area contributed by atoms with Gasteiger partial charge in [0.15, 0.2) is 15.5 Å². The zero-order valence-corrected chi connectivity index (χ0v) is 15.7. The van der Waals surface area contributed by atoms with E-state index >= 15 is 0 Å². The Kier molecular flexibility index (Phi) is 5.69. The van der Waals surface area contributed by atoms with Crippen LogP contribution in [-0.2, 0) is 16.4 Å². The Labute approximate surface area is 157 Å². The predicted molar refractivity (Wildman–Crippen MR) is 99.5 cm³/mol. The summed E-state index contributed by atoms with van der Waals surface area (Å²) in [7, 11) is -3.07. The van der Waals surface area contributed by atoms with Gasteiger partial charge in [-0.3, -0.25) is 4.79 Å². The van der Waals surface area contributed by atoms with Crippen molar-refractivity contribution in [1.82, 2.24) is 15.1 Å². The molecule has 1 aromatic heterocycles. The van der Waals surface area contributed by atoms with Gasteiger partial charge in [-0.25, -0.2) is 12.8 Å². The molecule has 2 aromatic rings. The van der Waals surface area contributed by atoms with Crippen molar-refractivity contribution in [2.75, 3.05) is 23.4 Å². The number of carbonyl (C=O) groups is 1. The number of nitrogens with one attached hydrogen (secondary N) is 1. The van der Waals surface area contributed by atoms with Crippen LogP contribution in [0.3, 0.4) is 0 Å². The zero-order valence-electron chi connectivity index (χ0n) is 14.9. The molecular weight excluding hydrogens is 371 g/mol. The summed E-state index contributed by atoms with van der Waals surface area (Å²) in [5, 5.41) is 11.0. The van der Waals surface area contributed by atoms with Gasteiger partial charge in [-0.1, -0.05) is 12.1 Å². The third-order valence-electron chi connectivity index (χ3n) is 4.52. The highest BCUT2D eigenvalue weighted by molar-refractivity contribution is 7.91. The van der Waals surface area contributed by atoms with Crippen molar-refractivity contribution >= 4 is 21.6 Å². The highest BCUT2D eigenvalue weighted by Crippen LogP contribution is 2.19. The Morgan fingerprint density at radius 3 is 2.52 bits per heavy atom. The van der Waals surface area contributed by atoms with Crippen molar-refractivity contribution in [1.29, 1.82) is 0 Å². The molecule has 1 saturated heterocycles. The van der Waals surface area contributed by atoms with Gasteiger partial charge in [-0.05, 0) is 43.2 Å². The molecule has 1 aliphatic rings. The minimum atomic E-state index is -3.07. The van der Waals surface area contributed by atoms with Gasteiger partial charge in [0.05, 0.1) is 11.5 Å². The van der Waals surface area contributed by atoms with Gasteiger partial charge in [0.1, 0.15) is 11.6 Å². The fraction of sp³-hybridized carbons (Fsp3) is 0.389. The maximum absolute atomic E-state index is 12.9. The monoisotopic (exact) mass is 392 g/mol. The fourth-order valence-electron chi connectivity index (χ4n) is 3.07. The molecule has 0 radical (unpaired) electrons. The molecule has 1 aliphatic heterocycles. The highest BCUT2D eigenvalue weighted by Gasteiger charge is 2.34. The van der Waals surface area contributed by atoms with Crippen LogP contribution in [-0.4, -0.2) is 53.5 Å². The summed E-state index contributed by atoms with van der Waals surface area (Å²) in [5.74, 6) is -0.0204. The van der Waals surface area contributed by atoms with Crippen LogP contribution in [0, 0.1) is 5.82 Å². The number of aromatic nitrogens is 2. The molecule has 1 N–H and O–H groups in total. The molecule has 2 heterocycles. The first-order valence-electron chi connectivity index (χ1n) is 8.71. The molecule has 1 amide bonds. The lowest BCUT2D eigenvalue weighted by molar-refractivity contribution is 0.0701. The smallest absolute Gasteiger partial charge is 0.274 e. The number of amides is 1. The van der Waals surface area contributed by atoms with Gasteiger partial charge in [0, 0.05) is 19.1 Å². The van der Waals surface area contributed by atoms with Crippen molar-refractivity contribution in [3.63, 3.8) is 0 Å². The van der Waals surface area contributed by atoms with Crippen LogP contribution in [0.4, 0.5) is 10.2 Å². The lowest BCUT2D eigenvalue weighted by Gasteiger charge is -2.26. The van der Waals surface area contributed by atoms with Crippen LogP contribution >= 0.6 is 0 Å². The van der Waals surface area contributed by atoms with Crippen LogP contribution < -0.4 is 5.32 Å². The van der Waals surface area contributed by atoms with Crippen molar-refractivity contribution < 1.29 is 17.6 Å². The Morgan fingerprint density at radius 2 is 1.96 bits per heavy atom. The molecule has 1 unspecified atom stereocenters. The van der Waals surface area contributed by atoms with E-state index in [9.17, 15) is 17.6 Å². The number of carbonyl (C=O) groups excluding carboxylic acids is 1. The molecule has 1 aromatic carbocycles. The number of hydrogen-bond donors (Lipinski definition) is 1. The Bertz CT molecular complexity index is 901. The molecule has 9 heteroatoms. The summed E-state index contributed by atoms with van der Waals surface area (Å²) in [6.07, 6.45) is 0.451. The zero-order chi connectivity index (χ0) is 19.4. The molecule has 0 bridgehead atoms. The summed E-state index contributed by atoms with van der Waals surface area (Å²) in [5.41, 5.74) is 1.06. The summed E-state index contributed by atoms with van der Waals surface area (Å²) in [4.78, 5) is 14.2. The quantitative estimate of drug-likeness (QED) is 0.807. The van der Waals surface area contributed by atoms with E-state index in [0.717, 1.165) is 5.56 Å². The van der Waals surface area contributed by atoms with E-state index in [-0.39, 0.29) is 35.0 Å². The predicted octanol–water partition coefficient (Wildman–Crippen LogP) is 1.88. The SMILES string of the molecule is CCN(C(=O)c1ccc(NCc2ccc(F)cc2)nn1)C1CCS(=O)(=O)C1. The van der Waals surface area contributed by atoms with Crippen LogP contribution in [0.2, 0.25) is 0 Å². The topological polar surface area (TPSA) is 92.3 Å². The summed E-state index contributed by atoms with van der Waals surface area (Å²) in [6, 6.07) is 8.99. The maximum Gasteiger partial charge on any atom is 0.274 e. The first-order valence-corrected chi connectivity index (χ1v) is 10.5. The second-order valence-corrected chi connectivity index (χ2v) is 8.66. The summed E-state index contributed by atoms with van der Waals surface area (Å²) >= 11 is 0. The number of hydrogen-bond acceptors (Lipinski definition) is 6. The number of sulfone groups is 1. The van der Waals surface area contributed by atoms with Gasteiger partial charge in [-0.15, -0.1) is 10.2 Å². The van der Waals surface area contributed by atoms with Gasteiger partial charge < -0.3 is 10.2 Å². The molecule has 3 rings (SSSR count). The van der Waals surface area contributed by atoms with Crippen molar-refractivity contribution in [3.8, 4) is 0 Å². The lowest BCUT2D eigenvalue weighted by Crippen LogP contribution is -2.41.